The number of rotatable bonds is 9. The smallest absolute Gasteiger partial charge is 0.338 e. The SMILES string of the molecule is CCOC(=O)C1=C(C)Nc2nc(SCc3ccccc3Cl)nn2C1c1ccc(OCc2ccc(Cl)cc2)cc1. The summed E-state index contributed by atoms with van der Waals surface area (Å²) >= 11 is 13.8. The second-order valence-electron chi connectivity index (χ2n) is 8.81. The van der Waals surface area contributed by atoms with Crippen molar-refractivity contribution in [2.24, 2.45) is 0 Å². The van der Waals surface area contributed by atoms with Gasteiger partial charge in [-0.15, -0.1) is 5.10 Å². The van der Waals surface area contributed by atoms with Crippen LogP contribution in [0.2, 0.25) is 10.0 Å². The van der Waals surface area contributed by atoms with E-state index in [1.807, 2.05) is 79.7 Å². The van der Waals surface area contributed by atoms with E-state index < -0.39 is 12.0 Å². The number of nitrogens with zero attached hydrogens (tertiary/aromatic N) is 3. The summed E-state index contributed by atoms with van der Waals surface area (Å²) in [5.74, 6) is 1.47. The minimum atomic E-state index is -0.521. The van der Waals surface area contributed by atoms with Crippen molar-refractivity contribution in [2.45, 2.75) is 37.4 Å². The molecule has 0 radical (unpaired) electrons. The Morgan fingerprint density at radius 3 is 2.51 bits per heavy atom. The number of carbonyl (C=O) groups excluding carboxylic acids is 1. The van der Waals surface area contributed by atoms with Gasteiger partial charge in [-0.3, -0.25) is 0 Å². The fourth-order valence-corrected chi connectivity index (χ4v) is 5.47. The molecule has 39 heavy (non-hydrogen) atoms. The summed E-state index contributed by atoms with van der Waals surface area (Å²) in [4.78, 5) is 17.8. The molecule has 1 aliphatic heterocycles. The topological polar surface area (TPSA) is 78.3 Å². The number of thioether (sulfide) groups is 1. The van der Waals surface area contributed by atoms with E-state index in [-0.39, 0.29) is 6.61 Å². The second-order valence-corrected chi connectivity index (χ2v) is 10.6. The van der Waals surface area contributed by atoms with Crippen LogP contribution in [0.1, 0.15) is 36.6 Å². The van der Waals surface area contributed by atoms with E-state index in [2.05, 4.69) is 10.3 Å². The number of hydrogen-bond donors (Lipinski definition) is 1. The molecule has 1 unspecified atom stereocenters. The lowest BCUT2D eigenvalue weighted by atomic mass is 9.96. The van der Waals surface area contributed by atoms with Gasteiger partial charge in [-0.1, -0.05) is 77.4 Å². The zero-order chi connectivity index (χ0) is 27.4. The van der Waals surface area contributed by atoms with Gasteiger partial charge < -0.3 is 14.8 Å². The van der Waals surface area contributed by atoms with Crippen LogP contribution in [0.15, 0.2) is 89.2 Å². The van der Waals surface area contributed by atoms with Crippen LogP contribution in [0, 0.1) is 0 Å². The third-order valence-corrected chi connectivity index (χ3v) is 7.66. The Labute approximate surface area is 241 Å². The van der Waals surface area contributed by atoms with Crippen LogP contribution < -0.4 is 10.1 Å². The summed E-state index contributed by atoms with van der Waals surface area (Å²) in [5, 5.41) is 9.95. The lowest BCUT2D eigenvalue weighted by Gasteiger charge is -2.28. The molecule has 10 heteroatoms. The molecule has 1 aliphatic rings. The number of allylic oxidation sites excluding steroid dienone is 1. The Morgan fingerprint density at radius 2 is 1.79 bits per heavy atom. The van der Waals surface area contributed by atoms with E-state index in [4.69, 9.17) is 37.8 Å². The number of benzene rings is 3. The monoisotopic (exact) mass is 580 g/mol. The fraction of sp³-hybridized carbons (Fsp3) is 0.207. The highest BCUT2D eigenvalue weighted by Crippen LogP contribution is 2.38. The predicted octanol–water partition coefficient (Wildman–Crippen LogP) is 7.31. The summed E-state index contributed by atoms with van der Waals surface area (Å²) in [7, 11) is 0. The van der Waals surface area contributed by atoms with Crippen molar-refractivity contribution in [3.8, 4) is 5.75 Å². The van der Waals surface area contributed by atoms with E-state index >= 15 is 0 Å². The lowest BCUT2D eigenvalue weighted by Crippen LogP contribution is -2.29. The standard InChI is InChI=1S/C29H26Cl2N4O3S/c1-3-37-27(36)25-18(2)32-28-33-29(39-17-21-6-4-5-7-24(21)31)34-35(28)26(25)20-10-14-23(15-11-20)38-16-19-8-12-22(30)13-9-19/h4-15,26H,3,16-17H2,1-2H3,(H,32,33,34). The molecular formula is C29H26Cl2N4O3S. The summed E-state index contributed by atoms with van der Waals surface area (Å²) in [6.07, 6.45) is 0. The highest BCUT2D eigenvalue weighted by atomic mass is 35.5. The molecule has 200 valence electrons. The molecule has 0 fully saturated rings. The van der Waals surface area contributed by atoms with Crippen LogP contribution >= 0.6 is 35.0 Å². The van der Waals surface area contributed by atoms with Crippen molar-refractivity contribution < 1.29 is 14.3 Å². The van der Waals surface area contributed by atoms with Gasteiger partial charge in [0.25, 0.3) is 0 Å². The zero-order valence-corrected chi connectivity index (χ0v) is 23.7. The molecular weight excluding hydrogens is 555 g/mol. The van der Waals surface area contributed by atoms with Crippen LogP contribution in [0.4, 0.5) is 5.95 Å². The summed E-state index contributed by atoms with van der Waals surface area (Å²) in [6, 6.07) is 22.3. The maximum Gasteiger partial charge on any atom is 0.338 e. The predicted molar refractivity (Wildman–Crippen MR) is 154 cm³/mol. The number of hydrogen-bond acceptors (Lipinski definition) is 7. The third kappa shape index (κ3) is 6.24. The van der Waals surface area contributed by atoms with Gasteiger partial charge in [-0.25, -0.2) is 9.48 Å². The number of esters is 1. The molecule has 3 aromatic carbocycles. The van der Waals surface area contributed by atoms with E-state index in [0.717, 1.165) is 16.7 Å². The van der Waals surface area contributed by atoms with Crippen molar-refractivity contribution in [2.75, 3.05) is 11.9 Å². The van der Waals surface area contributed by atoms with Gasteiger partial charge >= 0.3 is 5.97 Å². The highest BCUT2D eigenvalue weighted by molar-refractivity contribution is 7.98. The first-order valence-electron chi connectivity index (χ1n) is 12.4. The Hall–Kier alpha value is -3.46. The first-order valence-corrected chi connectivity index (χ1v) is 14.1. The Bertz CT molecular complexity index is 1500. The maximum atomic E-state index is 13.1. The molecule has 1 N–H and O–H groups in total. The Morgan fingerprint density at radius 1 is 1.05 bits per heavy atom. The average molecular weight is 582 g/mol. The molecule has 4 aromatic rings. The van der Waals surface area contributed by atoms with Gasteiger partial charge in [-0.2, -0.15) is 4.98 Å². The minimum Gasteiger partial charge on any atom is -0.489 e. The number of anilines is 1. The molecule has 0 bridgehead atoms. The normalized spacial score (nSPS) is 14.5. The van der Waals surface area contributed by atoms with E-state index in [0.29, 0.717) is 50.5 Å². The quantitative estimate of drug-likeness (QED) is 0.164. The summed E-state index contributed by atoms with van der Waals surface area (Å²) in [5.41, 5.74) is 4.01. The van der Waals surface area contributed by atoms with E-state index in [1.54, 1.807) is 11.6 Å². The number of carbonyl (C=O) groups is 1. The molecule has 0 aliphatic carbocycles. The van der Waals surface area contributed by atoms with Crippen molar-refractivity contribution in [1.29, 1.82) is 0 Å². The van der Waals surface area contributed by atoms with E-state index in [9.17, 15) is 4.79 Å². The van der Waals surface area contributed by atoms with Crippen molar-refractivity contribution in [1.82, 2.24) is 14.8 Å². The van der Waals surface area contributed by atoms with Crippen molar-refractivity contribution in [3.63, 3.8) is 0 Å². The molecule has 2 heterocycles. The van der Waals surface area contributed by atoms with Crippen LogP contribution in [-0.4, -0.2) is 27.3 Å². The van der Waals surface area contributed by atoms with Crippen LogP contribution in [-0.2, 0) is 21.9 Å². The van der Waals surface area contributed by atoms with Gasteiger partial charge in [0, 0.05) is 21.5 Å². The van der Waals surface area contributed by atoms with E-state index in [1.165, 1.54) is 11.8 Å². The molecule has 5 rings (SSSR count). The molecule has 0 amide bonds. The first kappa shape index (κ1) is 27.1. The number of nitrogens with one attached hydrogen (secondary N) is 1. The number of halogens is 2. The van der Waals surface area contributed by atoms with Gasteiger partial charge in [0.2, 0.25) is 11.1 Å². The third-order valence-electron chi connectivity index (χ3n) is 6.16. The molecule has 1 atom stereocenters. The van der Waals surface area contributed by atoms with Crippen LogP contribution in [0.25, 0.3) is 0 Å². The minimum absolute atomic E-state index is 0.267. The zero-order valence-electron chi connectivity index (χ0n) is 21.4. The number of aromatic nitrogens is 3. The first-order chi connectivity index (χ1) is 18.9. The number of ether oxygens (including phenoxy) is 2. The molecule has 0 saturated heterocycles. The van der Waals surface area contributed by atoms with Gasteiger partial charge in [0.15, 0.2) is 0 Å². The summed E-state index contributed by atoms with van der Waals surface area (Å²) in [6.45, 7) is 4.31. The van der Waals surface area contributed by atoms with Gasteiger partial charge in [0.1, 0.15) is 18.4 Å². The highest BCUT2D eigenvalue weighted by Gasteiger charge is 2.35. The maximum absolute atomic E-state index is 13.1. The van der Waals surface area contributed by atoms with Crippen molar-refractivity contribution in [3.05, 3.63) is 111 Å². The van der Waals surface area contributed by atoms with Crippen LogP contribution in [0.5, 0.6) is 5.75 Å². The summed E-state index contributed by atoms with van der Waals surface area (Å²) < 4.78 is 13.1. The van der Waals surface area contributed by atoms with Gasteiger partial charge in [0.05, 0.1) is 12.2 Å². The van der Waals surface area contributed by atoms with Gasteiger partial charge in [-0.05, 0) is 60.9 Å². The van der Waals surface area contributed by atoms with Crippen LogP contribution in [0.3, 0.4) is 0 Å². The fourth-order valence-electron chi connectivity index (χ4n) is 4.23. The molecule has 0 saturated carbocycles. The molecule has 0 spiro atoms. The number of fused-ring (bicyclic) bond motifs is 1. The molecule has 1 aromatic heterocycles. The lowest BCUT2D eigenvalue weighted by molar-refractivity contribution is -0.139. The Balaban J connectivity index is 1.41. The largest absolute Gasteiger partial charge is 0.489 e. The van der Waals surface area contributed by atoms with Crippen molar-refractivity contribution >= 4 is 46.9 Å². The molecule has 7 nitrogen and oxygen atoms in total. The average Bonchev–Trinajstić information content (AvgIpc) is 3.34. The second kappa shape index (κ2) is 12.2. The Kier molecular flexibility index (Phi) is 8.45.